The first-order valence-electron chi connectivity index (χ1n) is 9.05. The summed E-state index contributed by atoms with van der Waals surface area (Å²) in [5.41, 5.74) is 0.879. The number of carbonyl (C=O) groups is 2. The smallest absolute Gasteiger partial charge is 0.357 e. The first-order valence-corrected chi connectivity index (χ1v) is 9.80. The Morgan fingerprint density at radius 2 is 2.00 bits per heavy atom. The third-order valence-electron chi connectivity index (χ3n) is 4.87. The molecule has 1 unspecified atom stereocenters. The second kappa shape index (κ2) is 7.93. The van der Waals surface area contributed by atoms with Crippen molar-refractivity contribution in [3.8, 4) is 5.75 Å². The largest absolute Gasteiger partial charge is 0.489 e. The second-order valence-corrected chi connectivity index (χ2v) is 7.66. The first kappa shape index (κ1) is 19.5. The Labute approximate surface area is 176 Å². The van der Waals surface area contributed by atoms with E-state index in [4.69, 9.17) is 27.9 Å². The fourth-order valence-corrected chi connectivity index (χ4v) is 3.74. The van der Waals surface area contributed by atoms with Gasteiger partial charge in [0.2, 0.25) is 0 Å². The molecule has 1 aliphatic heterocycles. The molecule has 2 aromatic carbocycles. The molecule has 0 spiro atoms. The topological polar surface area (TPSA) is 95.5 Å². The molecule has 0 radical (unpaired) electrons. The minimum Gasteiger partial charge on any atom is -0.489 e. The Morgan fingerprint density at radius 3 is 2.76 bits per heavy atom. The predicted octanol–water partition coefficient (Wildman–Crippen LogP) is 4.25. The van der Waals surface area contributed by atoms with Crippen LogP contribution in [0.5, 0.6) is 5.75 Å². The predicted molar refractivity (Wildman–Crippen MR) is 109 cm³/mol. The van der Waals surface area contributed by atoms with Crippen LogP contribution < -0.4 is 4.74 Å². The van der Waals surface area contributed by atoms with Crippen LogP contribution in [0.2, 0.25) is 10.0 Å². The number of piperidine rings is 1. The molecule has 7 nitrogen and oxygen atoms in total. The van der Waals surface area contributed by atoms with Crippen LogP contribution in [0.15, 0.2) is 36.4 Å². The Bertz CT molecular complexity index is 1100. The molecule has 29 heavy (non-hydrogen) atoms. The van der Waals surface area contributed by atoms with Gasteiger partial charge in [0.25, 0.3) is 5.91 Å². The number of likely N-dealkylation sites (tertiary alicyclic amines) is 1. The van der Waals surface area contributed by atoms with Crippen molar-refractivity contribution in [2.24, 2.45) is 0 Å². The van der Waals surface area contributed by atoms with E-state index in [0.29, 0.717) is 45.4 Å². The highest BCUT2D eigenvalue weighted by molar-refractivity contribution is 6.42. The van der Waals surface area contributed by atoms with Crippen LogP contribution in [0.4, 0.5) is 0 Å². The third kappa shape index (κ3) is 4.02. The van der Waals surface area contributed by atoms with Crippen molar-refractivity contribution in [3.05, 3.63) is 57.7 Å². The minimum absolute atomic E-state index is 0.103. The zero-order valence-corrected chi connectivity index (χ0v) is 16.7. The summed E-state index contributed by atoms with van der Waals surface area (Å²) in [4.78, 5) is 26.0. The number of aromatic amines is 1. The van der Waals surface area contributed by atoms with E-state index in [-0.39, 0.29) is 17.7 Å². The molecule has 3 aromatic rings. The van der Waals surface area contributed by atoms with Crippen molar-refractivity contribution < 1.29 is 19.4 Å². The average Bonchev–Trinajstić information content (AvgIpc) is 3.14. The zero-order valence-electron chi connectivity index (χ0n) is 15.2. The lowest BCUT2D eigenvalue weighted by Crippen LogP contribution is -2.44. The molecule has 1 saturated heterocycles. The summed E-state index contributed by atoms with van der Waals surface area (Å²) in [5.74, 6) is -0.717. The Balaban J connectivity index is 1.51. The lowest BCUT2D eigenvalue weighted by molar-refractivity contribution is 0.0538. The van der Waals surface area contributed by atoms with Crippen molar-refractivity contribution in [3.63, 3.8) is 0 Å². The number of benzene rings is 2. The molecular weight excluding hydrogens is 417 g/mol. The summed E-state index contributed by atoms with van der Waals surface area (Å²) < 4.78 is 5.99. The molecule has 1 aliphatic rings. The van der Waals surface area contributed by atoms with Gasteiger partial charge in [-0.25, -0.2) is 4.79 Å². The Hall–Kier alpha value is -2.77. The van der Waals surface area contributed by atoms with Crippen molar-refractivity contribution in [1.82, 2.24) is 15.1 Å². The SMILES string of the molecule is O=C(O)c1n[nH]c2ccc(C(=O)N3CCCC(Oc4ccc(Cl)c(Cl)c4)C3)cc12. The average molecular weight is 434 g/mol. The number of H-pyrrole nitrogens is 1. The molecule has 2 N–H and O–H groups in total. The summed E-state index contributed by atoms with van der Waals surface area (Å²) in [6, 6.07) is 9.97. The normalized spacial score (nSPS) is 16.8. The van der Waals surface area contributed by atoms with E-state index in [2.05, 4.69) is 10.2 Å². The number of amides is 1. The van der Waals surface area contributed by atoms with E-state index < -0.39 is 5.97 Å². The number of halogens is 2. The van der Waals surface area contributed by atoms with Crippen molar-refractivity contribution >= 4 is 46.0 Å². The van der Waals surface area contributed by atoms with Gasteiger partial charge in [0.1, 0.15) is 11.9 Å². The number of hydrogen-bond donors (Lipinski definition) is 2. The van der Waals surface area contributed by atoms with Gasteiger partial charge >= 0.3 is 5.97 Å². The van der Waals surface area contributed by atoms with Crippen LogP contribution in [0, 0.1) is 0 Å². The number of rotatable bonds is 4. The summed E-state index contributed by atoms with van der Waals surface area (Å²) >= 11 is 12.0. The Kier molecular flexibility index (Phi) is 5.34. The van der Waals surface area contributed by atoms with Crippen LogP contribution in [-0.2, 0) is 0 Å². The standard InChI is InChI=1S/C20H17Cl2N3O4/c21-15-5-4-12(9-16(15)22)29-13-2-1-7-25(10-13)19(26)11-3-6-17-14(8-11)18(20(27)28)24-23-17/h3-6,8-9,13H,1-2,7,10H2,(H,23,24)(H,27,28). The van der Waals surface area contributed by atoms with Gasteiger partial charge in [-0.2, -0.15) is 5.10 Å². The minimum atomic E-state index is -1.14. The molecule has 150 valence electrons. The molecule has 1 amide bonds. The quantitative estimate of drug-likeness (QED) is 0.640. The number of carboxylic acids is 1. The summed E-state index contributed by atoms with van der Waals surface area (Å²) in [7, 11) is 0. The summed E-state index contributed by atoms with van der Waals surface area (Å²) in [5, 5.41) is 17.0. The van der Waals surface area contributed by atoms with E-state index in [9.17, 15) is 14.7 Å². The lowest BCUT2D eigenvalue weighted by Gasteiger charge is -2.33. The van der Waals surface area contributed by atoms with Crippen molar-refractivity contribution in [1.29, 1.82) is 0 Å². The summed E-state index contributed by atoms with van der Waals surface area (Å²) in [6.07, 6.45) is 1.44. The van der Waals surface area contributed by atoms with Crippen LogP contribution in [-0.4, -0.2) is 51.3 Å². The number of nitrogens with zero attached hydrogens (tertiary/aromatic N) is 2. The maximum atomic E-state index is 13.0. The number of aromatic carboxylic acids is 1. The molecule has 9 heteroatoms. The van der Waals surface area contributed by atoms with Crippen LogP contribution in [0.25, 0.3) is 10.9 Å². The highest BCUT2D eigenvalue weighted by Gasteiger charge is 2.26. The molecule has 0 aliphatic carbocycles. The van der Waals surface area contributed by atoms with Gasteiger partial charge in [-0.15, -0.1) is 0 Å². The van der Waals surface area contributed by atoms with Crippen LogP contribution in [0.1, 0.15) is 33.7 Å². The highest BCUT2D eigenvalue weighted by atomic mass is 35.5. The molecule has 2 heterocycles. The monoisotopic (exact) mass is 433 g/mol. The summed E-state index contributed by atoms with van der Waals surface area (Å²) in [6.45, 7) is 1.03. The second-order valence-electron chi connectivity index (χ2n) is 6.85. The maximum Gasteiger partial charge on any atom is 0.357 e. The maximum absolute atomic E-state index is 13.0. The van der Waals surface area contributed by atoms with E-state index in [1.807, 2.05) is 0 Å². The van der Waals surface area contributed by atoms with Crippen molar-refractivity contribution in [2.45, 2.75) is 18.9 Å². The number of carbonyl (C=O) groups excluding carboxylic acids is 1. The van der Waals surface area contributed by atoms with Crippen LogP contribution in [0.3, 0.4) is 0 Å². The lowest BCUT2D eigenvalue weighted by atomic mass is 10.0. The number of nitrogens with one attached hydrogen (secondary N) is 1. The molecule has 1 aromatic heterocycles. The first-order chi connectivity index (χ1) is 13.9. The number of ether oxygens (including phenoxy) is 1. The highest BCUT2D eigenvalue weighted by Crippen LogP contribution is 2.28. The molecule has 1 fully saturated rings. The Morgan fingerprint density at radius 1 is 1.17 bits per heavy atom. The molecule has 1 atom stereocenters. The van der Waals surface area contributed by atoms with Gasteiger partial charge in [-0.3, -0.25) is 9.89 Å². The fraction of sp³-hybridized carbons (Fsp3) is 0.250. The van der Waals surface area contributed by atoms with Gasteiger partial charge in [-0.05, 0) is 43.2 Å². The zero-order chi connectivity index (χ0) is 20.5. The van der Waals surface area contributed by atoms with Gasteiger partial charge in [-0.1, -0.05) is 23.2 Å². The molecular formula is C20H17Cl2N3O4. The third-order valence-corrected chi connectivity index (χ3v) is 5.61. The van der Waals surface area contributed by atoms with Crippen molar-refractivity contribution in [2.75, 3.05) is 13.1 Å². The number of hydrogen-bond acceptors (Lipinski definition) is 4. The van der Waals surface area contributed by atoms with E-state index >= 15 is 0 Å². The fourth-order valence-electron chi connectivity index (χ4n) is 3.45. The number of aromatic nitrogens is 2. The molecule has 0 saturated carbocycles. The van der Waals surface area contributed by atoms with E-state index in [1.165, 1.54) is 0 Å². The van der Waals surface area contributed by atoms with E-state index in [0.717, 1.165) is 12.8 Å². The number of carboxylic acid groups (broad SMARTS) is 1. The van der Waals surface area contributed by atoms with Gasteiger partial charge in [0.15, 0.2) is 5.69 Å². The van der Waals surface area contributed by atoms with E-state index in [1.54, 1.807) is 41.3 Å². The van der Waals surface area contributed by atoms with Gasteiger partial charge < -0.3 is 14.7 Å². The van der Waals surface area contributed by atoms with Gasteiger partial charge in [0.05, 0.1) is 22.1 Å². The molecule has 0 bridgehead atoms. The molecule has 4 rings (SSSR count). The van der Waals surface area contributed by atoms with Crippen LogP contribution >= 0.6 is 23.2 Å². The number of fused-ring (bicyclic) bond motifs is 1. The van der Waals surface area contributed by atoms with Gasteiger partial charge in [0, 0.05) is 23.6 Å².